The van der Waals surface area contributed by atoms with E-state index >= 15 is 0 Å². The summed E-state index contributed by atoms with van der Waals surface area (Å²) in [6.07, 6.45) is 9.54. The van der Waals surface area contributed by atoms with Crippen LogP contribution in [0.15, 0.2) is 18.5 Å². The van der Waals surface area contributed by atoms with E-state index in [1.807, 2.05) is 35.9 Å². The first-order chi connectivity index (χ1) is 12.2. The minimum atomic E-state index is 0.155. The predicted molar refractivity (Wildman–Crippen MR) is 97.4 cm³/mol. The first kappa shape index (κ1) is 16.1. The predicted octanol–water partition coefficient (Wildman–Crippen LogP) is 3.32. The highest BCUT2D eigenvalue weighted by Gasteiger charge is 2.23. The number of aromatic nitrogens is 6. The van der Waals surface area contributed by atoms with Crippen molar-refractivity contribution in [1.29, 1.82) is 0 Å². The van der Waals surface area contributed by atoms with Crippen molar-refractivity contribution in [2.24, 2.45) is 14.1 Å². The molecule has 0 spiro atoms. The molecule has 1 saturated carbocycles. The van der Waals surface area contributed by atoms with Gasteiger partial charge in [0.15, 0.2) is 5.65 Å². The van der Waals surface area contributed by atoms with Crippen LogP contribution in [0.5, 0.6) is 0 Å². The Morgan fingerprint density at radius 1 is 1.16 bits per heavy atom. The van der Waals surface area contributed by atoms with Crippen LogP contribution < -0.4 is 5.32 Å². The topological polar surface area (TPSA) is 73.5 Å². The van der Waals surface area contributed by atoms with Gasteiger partial charge in [0, 0.05) is 26.2 Å². The first-order valence-corrected chi connectivity index (χ1v) is 9.11. The summed E-state index contributed by atoms with van der Waals surface area (Å²) in [5.74, 6) is 2.31. The highest BCUT2D eigenvalue weighted by molar-refractivity contribution is 5.86. The Kier molecular flexibility index (Phi) is 4.15. The van der Waals surface area contributed by atoms with Gasteiger partial charge < -0.3 is 5.32 Å². The molecule has 3 aromatic rings. The zero-order valence-electron chi connectivity index (χ0n) is 15.1. The number of hydrogen-bond donors (Lipinski definition) is 1. The number of nitrogens with zero attached hydrogens (tertiary/aromatic N) is 6. The lowest BCUT2D eigenvalue weighted by atomic mass is 10.1. The summed E-state index contributed by atoms with van der Waals surface area (Å²) in [7, 11) is 3.92. The van der Waals surface area contributed by atoms with Crippen molar-refractivity contribution in [2.45, 2.75) is 51.0 Å². The molecule has 0 radical (unpaired) electrons. The van der Waals surface area contributed by atoms with Crippen LogP contribution in [0.1, 0.15) is 62.5 Å². The smallest absolute Gasteiger partial charge is 0.163 e. The summed E-state index contributed by atoms with van der Waals surface area (Å²) in [5, 5.41) is 13.3. The van der Waals surface area contributed by atoms with Crippen LogP contribution in [-0.4, -0.2) is 29.5 Å². The molecule has 3 aromatic heterocycles. The minimum absolute atomic E-state index is 0.155. The maximum atomic E-state index is 4.92. The summed E-state index contributed by atoms with van der Waals surface area (Å²) in [5.41, 5.74) is 2.06. The molecule has 0 saturated heterocycles. The maximum absolute atomic E-state index is 4.92. The molecule has 1 aliphatic carbocycles. The summed E-state index contributed by atoms with van der Waals surface area (Å²) in [4.78, 5) is 9.74. The molecule has 3 heterocycles. The van der Waals surface area contributed by atoms with Gasteiger partial charge >= 0.3 is 0 Å². The van der Waals surface area contributed by atoms with Gasteiger partial charge in [0.2, 0.25) is 0 Å². The van der Waals surface area contributed by atoms with E-state index in [1.165, 1.54) is 25.7 Å². The van der Waals surface area contributed by atoms with E-state index in [0.717, 1.165) is 34.8 Å². The Balaban J connectivity index is 1.75. The largest absolute Gasteiger partial charge is 0.361 e. The van der Waals surface area contributed by atoms with Gasteiger partial charge in [-0.05, 0) is 25.3 Å². The lowest BCUT2D eigenvalue weighted by Crippen LogP contribution is -2.16. The maximum Gasteiger partial charge on any atom is 0.163 e. The second-order valence-corrected chi connectivity index (χ2v) is 6.90. The molecule has 0 unspecified atom stereocenters. The van der Waals surface area contributed by atoms with Gasteiger partial charge in [-0.25, -0.2) is 9.97 Å². The molecule has 0 amide bonds. The molecule has 1 aliphatic rings. The number of aryl methyl sites for hydroxylation is 2. The normalized spacial score (nSPS) is 16.6. The molecular weight excluding hydrogens is 314 g/mol. The second kappa shape index (κ2) is 6.46. The molecule has 7 heteroatoms. The van der Waals surface area contributed by atoms with Crippen molar-refractivity contribution in [2.75, 3.05) is 5.32 Å². The monoisotopic (exact) mass is 339 g/mol. The van der Waals surface area contributed by atoms with Crippen LogP contribution in [0.25, 0.3) is 11.0 Å². The Bertz CT molecular complexity index is 873. The van der Waals surface area contributed by atoms with E-state index in [2.05, 4.69) is 28.5 Å². The lowest BCUT2D eigenvalue weighted by molar-refractivity contribution is 0.628. The molecule has 1 atom stereocenters. The Morgan fingerprint density at radius 3 is 2.64 bits per heavy atom. The van der Waals surface area contributed by atoms with Crippen molar-refractivity contribution in [3.8, 4) is 0 Å². The van der Waals surface area contributed by atoms with E-state index in [0.29, 0.717) is 5.92 Å². The zero-order chi connectivity index (χ0) is 17.4. The molecule has 7 nitrogen and oxygen atoms in total. The molecule has 1 fully saturated rings. The van der Waals surface area contributed by atoms with E-state index in [-0.39, 0.29) is 6.04 Å². The van der Waals surface area contributed by atoms with Gasteiger partial charge in [0.05, 0.1) is 23.3 Å². The fourth-order valence-electron chi connectivity index (χ4n) is 3.79. The van der Waals surface area contributed by atoms with E-state index < -0.39 is 0 Å². The first-order valence-electron chi connectivity index (χ1n) is 9.11. The molecule has 132 valence electrons. The van der Waals surface area contributed by atoms with Crippen molar-refractivity contribution in [3.05, 3.63) is 30.0 Å². The van der Waals surface area contributed by atoms with Crippen LogP contribution in [0.4, 0.5) is 5.82 Å². The van der Waals surface area contributed by atoms with Crippen LogP contribution >= 0.6 is 0 Å². The van der Waals surface area contributed by atoms with E-state index in [1.54, 1.807) is 0 Å². The minimum Gasteiger partial charge on any atom is -0.361 e. The number of nitrogens with one attached hydrogen (secondary N) is 1. The fraction of sp³-hybridized carbons (Fsp3) is 0.556. The second-order valence-electron chi connectivity index (χ2n) is 6.90. The highest BCUT2D eigenvalue weighted by atomic mass is 15.3. The Morgan fingerprint density at radius 2 is 1.96 bits per heavy atom. The molecule has 25 heavy (non-hydrogen) atoms. The lowest BCUT2D eigenvalue weighted by Gasteiger charge is -2.19. The number of hydrogen-bond acceptors (Lipinski definition) is 5. The van der Waals surface area contributed by atoms with Crippen LogP contribution in [0, 0.1) is 0 Å². The highest BCUT2D eigenvalue weighted by Crippen LogP contribution is 2.34. The van der Waals surface area contributed by atoms with Gasteiger partial charge in [0.25, 0.3) is 0 Å². The molecule has 0 aromatic carbocycles. The Hall–Kier alpha value is -2.44. The Labute approximate surface area is 147 Å². The van der Waals surface area contributed by atoms with Gasteiger partial charge in [-0.3, -0.25) is 9.36 Å². The van der Waals surface area contributed by atoms with Crippen LogP contribution in [-0.2, 0) is 14.1 Å². The van der Waals surface area contributed by atoms with Gasteiger partial charge in [-0.2, -0.15) is 10.2 Å². The zero-order valence-corrected chi connectivity index (χ0v) is 15.1. The summed E-state index contributed by atoms with van der Waals surface area (Å²) >= 11 is 0. The molecule has 4 rings (SSSR count). The standard InChI is InChI=1S/C18H25N7/c1-4-14(15-9-10-19-24(15)2)21-17-13-11-20-25(3)18(13)23-16(22-17)12-7-5-6-8-12/h9-12,14H,4-8H2,1-3H3,(H,21,22,23)/t14-/m0/s1. The van der Waals surface area contributed by atoms with E-state index in [9.17, 15) is 0 Å². The third-order valence-electron chi connectivity index (χ3n) is 5.26. The van der Waals surface area contributed by atoms with Crippen molar-refractivity contribution < 1.29 is 0 Å². The molecule has 1 N–H and O–H groups in total. The van der Waals surface area contributed by atoms with E-state index in [4.69, 9.17) is 9.97 Å². The summed E-state index contributed by atoms with van der Waals surface area (Å²) in [6.45, 7) is 2.17. The average molecular weight is 339 g/mol. The third-order valence-corrected chi connectivity index (χ3v) is 5.26. The van der Waals surface area contributed by atoms with Crippen molar-refractivity contribution >= 4 is 16.9 Å². The van der Waals surface area contributed by atoms with Crippen LogP contribution in [0.3, 0.4) is 0 Å². The van der Waals surface area contributed by atoms with Gasteiger partial charge in [-0.15, -0.1) is 0 Å². The average Bonchev–Trinajstić information content (AvgIpc) is 3.35. The summed E-state index contributed by atoms with van der Waals surface area (Å²) in [6, 6.07) is 2.21. The number of anilines is 1. The molecule has 0 aliphatic heterocycles. The van der Waals surface area contributed by atoms with Gasteiger partial charge in [0.1, 0.15) is 11.6 Å². The van der Waals surface area contributed by atoms with Crippen molar-refractivity contribution in [3.63, 3.8) is 0 Å². The molecule has 0 bridgehead atoms. The van der Waals surface area contributed by atoms with Crippen molar-refractivity contribution in [1.82, 2.24) is 29.5 Å². The quantitative estimate of drug-likeness (QED) is 0.772. The summed E-state index contributed by atoms with van der Waals surface area (Å²) < 4.78 is 3.76. The third kappa shape index (κ3) is 2.88. The fourth-order valence-corrected chi connectivity index (χ4v) is 3.79. The number of fused-ring (bicyclic) bond motifs is 1. The van der Waals surface area contributed by atoms with Crippen LogP contribution in [0.2, 0.25) is 0 Å². The number of rotatable bonds is 5. The molecular formula is C18H25N7. The van der Waals surface area contributed by atoms with Gasteiger partial charge in [-0.1, -0.05) is 19.8 Å². The SMILES string of the molecule is CC[C@H](Nc1nc(C2CCCC2)nc2c1cnn2C)c1ccnn1C.